The molecule has 1 aromatic rings. The van der Waals surface area contributed by atoms with Crippen molar-refractivity contribution in [3.63, 3.8) is 0 Å². The Hall–Kier alpha value is -0.350. The van der Waals surface area contributed by atoms with Crippen molar-refractivity contribution < 1.29 is 0 Å². The molecule has 0 aliphatic rings. The second kappa shape index (κ2) is 7.07. The van der Waals surface area contributed by atoms with Gasteiger partial charge in [-0.1, -0.05) is 22.9 Å². The van der Waals surface area contributed by atoms with E-state index in [1.54, 1.807) is 0 Å². The summed E-state index contributed by atoms with van der Waals surface area (Å²) in [5.74, 6) is 0. The van der Waals surface area contributed by atoms with Crippen molar-refractivity contribution in [3.8, 4) is 0 Å². The molecule has 1 heterocycles. The SMILES string of the molecule is CCCN(CCBr)Cc1ccn(C(C)C)n1. The predicted octanol–water partition coefficient (Wildman–Crippen LogP) is 3.07. The number of hydrogen-bond donors (Lipinski definition) is 0. The molecule has 16 heavy (non-hydrogen) atoms. The van der Waals surface area contributed by atoms with Gasteiger partial charge < -0.3 is 0 Å². The van der Waals surface area contributed by atoms with E-state index in [-0.39, 0.29) is 0 Å². The number of rotatable bonds is 7. The molecule has 92 valence electrons. The maximum Gasteiger partial charge on any atom is 0.0764 e. The van der Waals surface area contributed by atoms with Crippen molar-refractivity contribution in [2.24, 2.45) is 0 Å². The fourth-order valence-corrected chi connectivity index (χ4v) is 2.19. The van der Waals surface area contributed by atoms with Gasteiger partial charge in [0.1, 0.15) is 0 Å². The first kappa shape index (κ1) is 13.7. The lowest BCUT2D eigenvalue weighted by molar-refractivity contribution is 0.279. The summed E-state index contributed by atoms with van der Waals surface area (Å²) >= 11 is 3.49. The first-order valence-corrected chi connectivity index (χ1v) is 7.11. The third-order valence-corrected chi connectivity index (χ3v) is 2.87. The smallest absolute Gasteiger partial charge is 0.0764 e. The van der Waals surface area contributed by atoms with Crippen molar-refractivity contribution in [2.45, 2.75) is 39.8 Å². The van der Waals surface area contributed by atoms with Crippen LogP contribution in [0.3, 0.4) is 0 Å². The van der Waals surface area contributed by atoms with Crippen LogP contribution in [0.5, 0.6) is 0 Å². The molecule has 0 aliphatic carbocycles. The molecule has 0 amide bonds. The van der Waals surface area contributed by atoms with Gasteiger partial charge in [-0.05, 0) is 32.9 Å². The molecule has 0 saturated carbocycles. The van der Waals surface area contributed by atoms with Gasteiger partial charge in [-0.25, -0.2) is 0 Å². The van der Waals surface area contributed by atoms with Crippen LogP contribution in [0.25, 0.3) is 0 Å². The summed E-state index contributed by atoms with van der Waals surface area (Å²) in [4.78, 5) is 2.43. The third-order valence-electron chi connectivity index (χ3n) is 2.52. The Balaban J connectivity index is 2.55. The zero-order valence-corrected chi connectivity index (χ0v) is 12.1. The average Bonchev–Trinajstić information content (AvgIpc) is 2.67. The molecule has 0 aliphatic heterocycles. The van der Waals surface area contributed by atoms with E-state index < -0.39 is 0 Å². The second-order valence-electron chi connectivity index (χ2n) is 4.35. The van der Waals surface area contributed by atoms with Gasteiger partial charge in [0.2, 0.25) is 0 Å². The zero-order chi connectivity index (χ0) is 12.0. The van der Waals surface area contributed by atoms with E-state index >= 15 is 0 Å². The Morgan fingerprint density at radius 2 is 2.19 bits per heavy atom. The molecule has 0 bridgehead atoms. The molecular weight excluding hydrogens is 266 g/mol. The monoisotopic (exact) mass is 287 g/mol. The van der Waals surface area contributed by atoms with Crippen LogP contribution in [-0.4, -0.2) is 33.1 Å². The highest BCUT2D eigenvalue weighted by Gasteiger charge is 2.07. The van der Waals surface area contributed by atoms with Crippen LogP contribution in [0.4, 0.5) is 0 Å². The van der Waals surface area contributed by atoms with Crippen LogP contribution >= 0.6 is 15.9 Å². The molecule has 1 rings (SSSR count). The number of aromatic nitrogens is 2. The summed E-state index contributed by atoms with van der Waals surface area (Å²) in [5.41, 5.74) is 1.17. The quantitative estimate of drug-likeness (QED) is 0.719. The van der Waals surface area contributed by atoms with Gasteiger partial charge in [-0.15, -0.1) is 0 Å². The molecule has 0 unspecified atom stereocenters. The highest BCUT2D eigenvalue weighted by atomic mass is 79.9. The maximum atomic E-state index is 4.57. The van der Waals surface area contributed by atoms with Crippen LogP contribution in [0, 0.1) is 0 Å². The standard InChI is InChI=1S/C12H22BrN3/c1-4-7-15(9-6-13)10-12-5-8-16(14-12)11(2)3/h5,8,11H,4,6-7,9-10H2,1-3H3. The number of halogens is 1. The lowest BCUT2D eigenvalue weighted by Gasteiger charge is -2.19. The Morgan fingerprint density at radius 3 is 2.69 bits per heavy atom. The van der Waals surface area contributed by atoms with Crippen molar-refractivity contribution in [2.75, 3.05) is 18.4 Å². The molecular formula is C12H22BrN3. The zero-order valence-electron chi connectivity index (χ0n) is 10.5. The maximum absolute atomic E-state index is 4.57. The highest BCUT2D eigenvalue weighted by Crippen LogP contribution is 2.07. The van der Waals surface area contributed by atoms with Crippen LogP contribution < -0.4 is 0 Å². The Labute approximate surface area is 107 Å². The van der Waals surface area contributed by atoms with Crippen LogP contribution in [0.15, 0.2) is 12.3 Å². The second-order valence-corrected chi connectivity index (χ2v) is 5.14. The average molecular weight is 288 g/mol. The van der Waals surface area contributed by atoms with Gasteiger partial charge in [-0.3, -0.25) is 9.58 Å². The summed E-state index contributed by atoms with van der Waals surface area (Å²) in [6, 6.07) is 2.57. The van der Waals surface area contributed by atoms with Crippen LogP contribution in [0.2, 0.25) is 0 Å². The number of alkyl halides is 1. The molecule has 0 spiro atoms. The molecule has 1 aromatic heterocycles. The minimum Gasteiger partial charge on any atom is -0.297 e. The van der Waals surface area contributed by atoms with Gasteiger partial charge in [0.05, 0.1) is 5.69 Å². The summed E-state index contributed by atoms with van der Waals surface area (Å²) in [6.07, 6.45) is 3.26. The Kier molecular flexibility index (Phi) is 6.06. The fourth-order valence-electron chi connectivity index (χ4n) is 1.68. The van der Waals surface area contributed by atoms with Gasteiger partial charge in [0, 0.05) is 30.7 Å². The van der Waals surface area contributed by atoms with Crippen molar-refractivity contribution >= 4 is 15.9 Å². The van der Waals surface area contributed by atoms with Crippen LogP contribution in [0.1, 0.15) is 38.9 Å². The summed E-state index contributed by atoms with van der Waals surface area (Å²) in [5, 5.41) is 5.60. The van der Waals surface area contributed by atoms with E-state index in [2.05, 4.69) is 59.0 Å². The van der Waals surface area contributed by atoms with Crippen molar-refractivity contribution in [1.29, 1.82) is 0 Å². The molecule has 0 aromatic carbocycles. The topological polar surface area (TPSA) is 21.1 Å². The highest BCUT2D eigenvalue weighted by molar-refractivity contribution is 9.09. The van der Waals surface area contributed by atoms with E-state index in [0.717, 1.165) is 25.0 Å². The molecule has 0 atom stereocenters. The van der Waals surface area contributed by atoms with Gasteiger partial charge in [0.15, 0.2) is 0 Å². The van der Waals surface area contributed by atoms with Gasteiger partial charge >= 0.3 is 0 Å². The molecule has 0 fully saturated rings. The lowest BCUT2D eigenvalue weighted by Crippen LogP contribution is -2.26. The predicted molar refractivity (Wildman–Crippen MR) is 72.0 cm³/mol. The third kappa shape index (κ3) is 4.26. The number of nitrogens with zero attached hydrogens (tertiary/aromatic N) is 3. The molecule has 4 heteroatoms. The minimum absolute atomic E-state index is 0.449. The summed E-state index contributed by atoms with van der Waals surface area (Å²) in [7, 11) is 0. The van der Waals surface area contributed by atoms with Crippen LogP contribution in [-0.2, 0) is 6.54 Å². The first-order chi connectivity index (χ1) is 7.67. The number of hydrogen-bond acceptors (Lipinski definition) is 2. The van der Waals surface area contributed by atoms with E-state index in [9.17, 15) is 0 Å². The van der Waals surface area contributed by atoms with E-state index in [1.807, 2.05) is 4.68 Å². The van der Waals surface area contributed by atoms with Crippen molar-refractivity contribution in [3.05, 3.63) is 18.0 Å². The minimum atomic E-state index is 0.449. The molecule has 0 N–H and O–H groups in total. The van der Waals surface area contributed by atoms with E-state index in [0.29, 0.717) is 6.04 Å². The van der Waals surface area contributed by atoms with Gasteiger partial charge in [0.25, 0.3) is 0 Å². The molecule has 0 saturated heterocycles. The largest absolute Gasteiger partial charge is 0.297 e. The van der Waals surface area contributed by atoms with Crippen molar-refractivity contribution in [1.82, 2.24) is 14.7 Å². The Morgan fingerprint density at radius 1 is 1.44 bits per heavy atom. The van der Waals surface area contributed by atoms with E-state index in [1.165, 1.54) is 12.1 Å². The Bertz CT molecular complexity index is 290. The fraction of sp³-hybridized carbons (Fsp3) is 0.750. The summed E-state index contributed by atoms with van der Waals surface area (Å²) < 4.78 is 2.02. The first-order valence-electron chi connectivity index (χ1n) is 5.99. The van der Waals surface area contributed by atoms with Gasteiger partial charge in [-0.2, -0.15) is 5.10 Å². The normalized spacial score (nSPS) is 11.6. The van der Waals surface area contributed by atoms with E-state index in [4.69, 9.17) is 0 Å². The molecule has 0 radical (unpaired) electrons. The molecule has 3 nitrogen and oxygen atoms in total. The lowest BCUT2D eigenvalue weighted by atomic mass is 10.3. The summed E-state index contributed by atoms with van der Waals surface area (Å²) in [6.45, 7) is 9.70.